The summed E-state index contributed by atoms with van der Waals surface area (Å²) in [5, 5.41) is 4.04. The quantitative estimate of drug-likeness (QED) is 0.852. The fourth-order valence-electron chi connectivity index (χ4n) is 1.97. The summed E-state index contributed by atoms with van der Waals surface area (Å²) in [6.45, 7) is 4.98. The average Bonchev–Trinajstić information content (AvgIpc) is 2.85. The Morgan fingerprint density at radius 2 is 2.29 bits per heavy atom. The van der Waals surface area contributed by atoms with Crippen molar-refractivity contribution in [3.8, 4) is 0 Å². The van der Waals surface area contributed by atoms with Crippen LogP contribution in [0.2, 0.25) is 0 Å². The fraction of sp³-hybridized carbons (Fsp3) is 0.700. The van der Waals surface area contributed by atoms with Gasteiger partial charge in [-0.1, -0.05) is 0 Å². The molecule has 1 aromatic rings. The number of thiazole rings is 1. The van der Waals surface area contributed by atoms with E-state index in [9.17, 15) is 8.42 Å². The first-order valence-corrected chi connectivity index (χ1v) is 7.96. The molecule has 2 N–H and O–H groups in total. The van der Waals surface area contributed by atoms with Crippen molar-refractivity contribution >= 4 is 21.4 Å². The zero-order chi connectivity index (χ0) is 12.5. The number of aromatic nitrogens is 1. The van der Waals surface area contributed by atoms with Gasteiger partial charge in [-0.15, -0.1) is 11.3 Å². The SMILES string of the molecule is Cc1nc(C)c(S(=O)(=O)NCC2CCCN2)s1. The van der Waals surface area contributed by atoms with Gasteiger partial charge in [0, 0.05) is 12.6 Å². The lowest BCUT2D eigenvalue weighted by molar-refractivity contribution is 0.552. The molecular formula is C10H17N3O2S2. The Bertz CT molecular complexity index is 490. The van der Waals surface area contributed by atoms with Crippen LogP contribution in [0.3, 0.4) is 0 Å². The van der Waals surface area contributed by atoms with Gasteiger partial charge in [0.2, 0.25) is 0 Å². The van der Waals surface area contributed by atoms with E-state index in [0.29, 0.717) is 16.4 Å². The van der Waals surface area contributed by atoms with E-state index in [-0.39, 0.29) is 6.04 Å². The van der Waals surface area contributed by atoms with Crippen LogP contribution in [-0.4, -0.2) is 32.5 Å². The molecule has 0 saturated carbocycles. The predicted octanol–water partition coefficient (Wildman–Crippen LogP) is 0.790. The molecule has 1 unspecified atom stereocenters. The maximum Gasteiger partial charge on any atom is 0.251 e. The Labute approximate surface area is 106 Å². The molecule has 0 amide bonds. The molecule has 5 nitrogen and oxygen atoms in total. The van der Waals surface area contributed by atoms with Crippen LogP contribution in [0.5, 0.6) is 0 Å². The Hall–Kier alpha value is -0.500. The van der Waals surface area contributed by atoms with Crippen molar-refractivity contribution in [3.63, 3.8) is 0 Å². The molecule has 7 heteroatoms. The highest BCUT2D eigenvalue weighted by Gasteiger charge is 2.23. The third-order valence-corrected chi connectivity index (χ3v) is 5.89. The number of hydrogen-bond donors (Lipinski definition) is 2. The van der Waals surface area contributed by atoms with E-state index in [1.54, 1.807) is 6.92 Å². The molecule has 1 aliphatic heterocycles. The highest BCUT2D eigenvalue weighted by molar-refractivity contribution is 7.91. The average molecular weight is 275 g/mol. The van der Waals surface area contributed by atoms with Gasteiger partial charge in [0.1, 0.15) is 0 Å². The van der Waals surface area contributed by atoms with Gasteiger partial charge in [-0.25, -0.2) is 18.1 Å². The molecule has 1 saturated heterocycles. The number of rotatable bonds is 4. The van der Waals surface area contributed by atoms with Gasteiger partial charge in [-0.2, -0.15) is 0 Å². The maximum absolute atomic E-state index is 12.1. The van der Waals surface area contributed by atoms with Crippen molar-refractivity contribution in [3.05, 3.63) is 10.7 Å². The van der Waals surface area contributed by atoms with Gasteiger partial charge in [0.05, 0.1) is 10.7 Å². The van der Waals surface area contributed by atoms with Crippen LogP contribution >= 0.6 is 11.3 Å². The van der Waals surface area contributed by atoms with E-state index in [2.05, 4.69) is 15.0 Å². The lowest BCUT2D eigenvalue weighted by Crippen LogP contribution is -2.37. The molecule has 1 aromatic heterocycles. The van der Waals surface area contributed by atoms with Gasteiger partial charge in [0.15, 0.2) is 4.21 Å². The standard InChI is InChI=1S/C10H17N3O2S2/c1-7-10(16-8(2)13-7)17(14,15)12-6-9-4-3-5-11-9/h9,11-12H,3-6H2,1-2H3. The van der Waals surface area contributed by atoms with Crippen LogP contribution in [0.25, 0.3) is 0 Å². The number of sulfonamides is 1. The minimum atomic E-state index is -3.39. The third kappa shape index (κ3) is 3.04. The fourth-order valence-corrected chi connectivity index (χ4v) is 4.58. The lowest BCUT2D eigenvalue weighted by atomic mass is 10.2. The monoisotopic (exact) mass is 275 g/mol. The molecule has 17 heavy (non-hydrogen) atoms. The second-order valence-corrected chi connectivity index (χ2v) is 7.42. The Morgan fingerprint density at radius 3 is 2.82 bits per heavy atom. The van der Waals surface area contributed by atoms with E-state index in [1.807, 2.05) is 6.92 Å². The molecule has 1 fully saturated rings. The minimum absolute atomic E-state index is 0.263. The van der Waals surface area contributed by atoms with Crippen molar-refractivity contribution in [2.45, 2.75) is 36.9 Å². The molecule has 2 heterocycles. The van der Waals surface area contributed by atoms with Gasteiger partial charge in [-0.3, -0.25) is 0 Å². The van der Waals surface area contributed by atoms with Crippen molar-refractivity contribution in [1.82, 2.24) is 15.0 Å². The van der Waals surface area contributed by atoms with Gasteiger partial charge >= 0.3 is 0 Å². The molecular weight excluding hydrogens is 258 g/mol. The van der Waals surface area contributed by atoms with Crippen molar-refractivity contribution < 1.29 is 8.42 Å². The van der Waals surface area contributed by atoms with Crippen molar-refractivity contribution in [2.75, 3.05) is 13.1 Å². The second kappa shape index (κ2) is 5.01. The Balaban J connectivity index is 2.05. The predicted molar refractivity (Wildman–Crippen MR) is 67.8 cm³/mol. The summed E-state index contributed by atoms with van der Waals surface area (Å²) >= 11 is 1.22. The smallest absolute Gasteiger partial charge is 0.251 e. The normalized spacial score (nSPS) is 20.9. The van der Waals surface area contributed by atoms with Crippen LogP contribution in [0, 0.1) is 13.8 Å². The summed E-state index contributed by atoms with van der Waals surface area (Å²) in [5.74, 6) is 0. The molecule has 96 valence electrons. The van der Waals surface area contributed by atoms with Crippen molar-refractivity contribution in [2.24, 2.45) is 0 Å². The largest absolute Gasteiger partial charge is 0.313 e. The third-order valence-electron chi connectivity index (χ3n) is 2.79. The summed E-state index contributed by atoms with van der Waals surface area (Å²) in [5.41, 5.74) is 0.583. The van der Waals surface area contributed by atoms with Crippen LogP contribution in [0.1, 0.15) is 23.5 Å². The molecule has 0 spiro atoms. The van der Waals surface area contributed by atoms with Crippen LogP contribution < -0.4 is 10.0 Å². The number of nitrogens with one attached hydrogen (secondary N) is 2. The topological polar surface area (TPSA) is 71.1 Å². The zero-order valence-corrected chi connectivity index (χ0v) is 11.6. The van der Waals surface area contributed by atoms with Gasteiger partial charge in [-0.05, 0) is 33.2 Å². The van der Waals surface area contributed by atoms with E-state index in [1.165, 1.54) is 11.3 Å². The molecule has 0 aromatic carbocycles. The van der Waals surface area contributed by atoms with Crippen LogP contribution in [0.15, 0.2) is 4.21 Å². The first-order valence-electron chi connectivity index (χ1n) is 5.66. The number of aryl methyl sites for hydroxylation is 2. The summed E-state index contributed by atoms with van der Waals surface area (Å²) in [6.07, 6.45) is 2.15. The van der Waals surface area contributed by atoms with Gasteiger partial charge in [0.25, 0.3) is 10.0 Å². The Kier molecular flexibility index (Phi) is 3.82. The number of nitrogens with zero attached hydrogens (tertiary/aromatic N) is 1. The highest BCUT2D eigenvalue weighted by atomic mass is 32.2. The summed E-state index contributed by atoms with van der Waals surface area (Å²) < 4.78 is 27.1. The van der Waals surface area contributed by atoms with Crippen LogP contribution in [0.4, 0.5) is 0 Å². The first kappa shape index (κ1) is 12.9. The lowest BCUT2D eigenvalue weighted by Gasteiger charge is -2.11. The van der Waals surface area contributed by atoms with E-state index in [0.717, 1.165) is 24.4 Å². The Morgan fingerprint density at radius 1 is 1.53 bits per heavy atom. The van der Waals surface area contributed by atoms with Crippen molar-refractivity contribution in [1.29, 1.82) is 0 Å². The molecule has 0 bridgehead atoms. The molecule has 0 radical (unpaired) electrons. The molecule has 2 rings (SSSR count). The van der Waals surface area contributed by atoms with E-state index >= 15 is 0 Å². The summed E-state index contributed by atoms with van der Waals surface area (Å²) in [4.78, 5) is 4.14. The first-order chi connectivity index (χ1) is 7.99. The van der Waals surface area contributed by atoms with Crippen LogP contribution in [-0.2, 0) is 10.0 Å². The van der Waals surface area contributed by atoms with Gasteiger partial charge < -0.3 is 5.32 Å². The molecule has 0 aliphatic carbocycles. The highest BCUT2D eigenvalue weighted by Crippen LogP contribution is 2.22. The molecule has 1 aliphatic rings. The maximum atomic E-state index is 12.1. The minimum Gasteiger partial charge on any atom is -0.313 e. The zero-order valence-electron chi connectivity index (χ0n) is 9.99. The van der Waals surface area contributed by atoms with E-state index in [4.69, 9.17) is 0 Å². The number of hydrogen-bond acceptors (Lipinski definition) is 5. The summed E-state index contributed by atoms with van der Waals surface area (Å²) in [6, 6.07) is 0.263. The summed E-state index contributed by atoms with van der Waals surface area (Å²) in [7, 11) is -3.39. The van der Waals surface area contributed by atoms with E-state index < -0.39 is 10.0 Å². The molecule has 1 atom stereocenters. The second-order valence-electron chi connectivity index (χ2n) is 4.25.